The maximum Gasteiger partial charge on any atom is 0.233 e. The number of thioether (sulfide) groups is 1. The van der Waals surface area contributed by atoms with Crippen LogP contribution in [0.15, 0.2) is 11.2 Å². The summed E-state index contributed by atoms with van der Waals surface area (Å²) in [6.07, 6.45) is 6.39. The van der Waals surface area contributed by atoms with Crippen LogP contribution in [0.2, 0.25) is 5.15 Å². The number of hydrogen-bond donors (Lipinski definition) is 0. The van der Waals surface area contributed by atoms with Crippen molar-refractivity contribution < 1.29 is 9.59 Å². The fourth-order valence-corrected chi connectivity index (χ4v) is 5.50. The van der Waals surface area contributed by atoms with Gasteiger partial charge in [-0.1, -0.05) is 56.0 Å². The Kier molecular flexibility index (Phi) is 11.9. The average molecular weight is 512 g/mol. The Labute approximate surface area is 215 Å². The molecule has 1 atom stereocenters. The van der Waals surface area contributed by atoms with Gasteiger partial charge in [-0.15, -0.1) is 0 Å². The van der Waals surface area contributed by atoms with Gasteiger partial charge in [-0.2, -0.15) is 0 Å². The van der Waals surface area contributed by atoms with Crippen LogP contribution in [0.5, 0.6) is 0 Å². The summed E-state index contributed by atoms with van der Waals surface area (Å²) in [5.41, 5.74) is 0. The molecule has 7 nitrogen and oxygen atoms in total. The lowest BCUT2D eigenvalue weighted by molar-refractivity contribution is -0.134. The van der Waals surface area contributed by atoms with Crippen LogP contribution in [-0.4, -0.2) is 75.1 Å². The van der Waals surface area contributed by atoms with E-state index in [4.69, 9.17) is 11.6 Å². The number of anilines is 1. The molecule has 34 heavy (non-hydrogen) atoms. The van der Waals surface area contributed by atoms with E-state index in [9.17, 15) is 9.59 Å². The highest BCUT2D eigenvalue weighted by Crippen LogP contribution is 2.25. The zero-order chi connectivity index (χ0) is 25.3. The SMILES string of the molecule is CCCCCCCC(=O)N1CCN(c2cc(Cl)nc(SCC(=O)N(C(C)C)C(C)C)n2)C[C@@H]1C. The van der Waals surface area contributed by atoms with Crippen molar-refractivity contribution in [2.75, 3.05) is 30.3 Å². The van der Waals surface area contributed by atoms with E-state index >= 15 is 0 Å². The third-order valence-electron chi connectivity index (χ3n) is 6.15. The molecule has 0 aliphatic carbocycles. The minimum atomic E-state index is 0.0653. The molecular weight excluding hydrogens is 470 g/mol. The van der Waals surface area contributed by atoms with Crippen molar-refractivity contribution in [3.63, 3.8) is 0 Å². The molecule has 1 aromatic heterocycles. The summed E-state index contributed by atoms with van der Waals surface area (Å²) in [6.45, 7) is 14.5. The Morgan fingerprint density at radius 1 is 1.12 bits per heavy atom. The maximum absolute atomic E-state index is 12.7. The van der Waals surface area contributed by atoms with Crippen molar-refractivity contribution in [2.45, 2.75) is 103 Å². The summed E-state index contributed by atoms with van der Waals surface area (Å²) in [5, 5.41) is 0.865. The summed E-state index contributed by atoms with van der Waals surface area (Å²) >= 11 is 7.62. The van der Waals surface area contributed by atoms with Crippen LogP contribution in [0, 0.1) is 0 Å². The Morgan fingerprint density at radius 3 is 2.41 bits per heavy atom. The largest absolute Gasteiger partial charge is 0.353 e. The molecule has 2 rings (SSSR count). The zero-order valence-electron chi connectivity index (χ0n) is 21.7. The summed E-state index contributed by atoms with van der Waals surface area (Å²) in [4.78, 5) is 40.5. The molecule has 1 saturated heterocycles. The fraction of sp³-hybridized carbons (Fsp3) is 0.760. The highest BCUT2D eigenvalue weighted by molar-refractivity contribution is 7.99. The summed E-state index contributed by atoms with van der Waals surface area (Å²) in [7, 11) is 0. The van der Waals surface area contributed by atoms with E-state index in [2.05, 4.69) is 28.7 Å². The summed E-state index contributed by atoms with van der Waals surface area (Å²) in [5.74, 6) is 1.33. The molecule has 2 heterocycles. The first-order valence-corrected chi connectivity index (χ1v) is 14.0. The van der Waals surface area contributed by atoms with Gasteiger partial charge >= 0.3 is 0 Å². The van der Waals surface area contributed by atoms with Crippen LogP contribution in [0.25, 0.3) is 0 Å². The monoisotopic (exact) mass is 511 g/mol. The van der Waals surface area contributed by atoms with Crippen LogP contribution in [0.3, 0.4) is 0 Å². The van der Waals surface area contributed by atoms with Gasteiger partial charge in [-0.25, -0.2) is 9.97 Å². The van der Waals surface area contributed by atoms with Gasteiger partial charge in [0.25, 0.3) is 0 Å². The second-order valence-corrected chi connectivity index (χ2v) is 11.0. The lowest BCUT2D eigenvalue weighted by Gasteiger charge is -2.40. The Bertz CT molecular complexity index is 800. The normalized spacial score (nSPS) is 16.4. The summed E-state index contributed by atoms with van der Waals surface area (Å²) < 4.78 is 0. The van der Waals surface area contributed by atoms with Gasteiger partial charge in [0.15, 0.2) is 5.16 Å². The van der Waals surface area contributed by atoms with Gasteiger partial charge in [-0.05, 0) is 41.0 Å². The molecule has 192 valence electrons. The van der Waals surface area contributed by atoms with Crippen LogP contribution in [0.4, 0.5) is 5.82 Å². The minimum absolute atomic E-state index is 0.0653. The van der Waals surface area contributed by atoms with Gasteiger partial charge in [-0.3, -0.25) is 9.59 Å². The van der Waals surface area contributed by atoms with Crippen LogP contribution < -0.4 is 4.90 Å². The lowest BCUT2D eigenvalue weighted by Crippen LogP contribution is -2.54. The predicted octanol–water partition coefficient (Wildman–Crippen LogP) is 5.27. The van der Waals surface area contributed by atoms with Crippen molar-refractivity contribution in [3.8, 4) is 0 Å². The molecule has 1 fully saturated rings. The van der Waals surface area contributed by atoms with Gasteiger partial charge in [0, 0.05) is 50.2 Å². The predicted molar refractivity (Wildman–Crippen MR) is 142 cm³/mol. The molecule has 0 radical (unpaired) electrons. The molecule has 2 amide bonds. The molecule has 1 aromatic rings. The molecule has 0 unspecified atom stereocenters. The smallest absolute Gasteiger partial charge is 0.233 e. The molecule has 0 N–H and O–H groups in total. The quantitative estimate of drug-likeness (QED) is 0.165. The average Bonchev–Trinajstić information content (AvgIpc) is 2.76. The molecule has 1 aliphatic heterocycles. The van der Waals surface area contributed by atoms with Gasteiger partial charge in [0.05, 0.1) is 5.75 Å². The minimum Gasteiger partial charge on any atom is -0.353 e. The first-order chi connectivity index (χ1) is 16.1. The van der Waals surface area contributed by atoms with Crippen LogP contribution >= 0.6 is 23.4 Å². The van der Waals surface area contributed by atoms with Gasteiger partial charge in [0.1, 0.15) is 11.0 Å². The number of aromatic nitrogens is 2. The van der Waals surface area contributed by atoms with Crippen molar-refractivity contribution >= 4 is 41.0 Å². The van der Waals surface area contributed by atoms with Crippen molar-refractivity contribution in [1.29, 1.82) is 0 Å². The number of amides is 2. The molecule has 1 aliphatic rings. The Hall–Kier alpha value is -1.54. The first kappa shape index (κ1) is 28.7. The maximum atomic E-state index is 12.7. The van der Waals surface area contributed by atoms with Crippen LogP contribution in [0.1, 0.15) is 80.1 Å². The number of carbonyl (C=O) groups excluding carboxylic acids is 2. The van der Waals surface area contributed by atoms with E-state index in [1.54, 1.807) is 6.07 Å². The topological polar surface area (TPSA) is 69.6 Å². The number of carbonyl (C=O) groups is 2. The number of nitrogens with zero attached hydrogens (tertiary/aromatic N) is 5. The van der Waals surface area contributed by atoms with E-state index in [1.807, 2.05) is 37.5 Å². The number of hydrogen-bond acceptors (Lipinski definition) is 6. The zero-order valence-corrected chi connectivity index (χ0v) is 23.3. The highest BCUT2D eigenvalue weighted by Gasteiger charge is 2.28. The number of halogens is 1. The molecule has 0 bridgehead atoms. The number of piperazine rings is 1. The molecule has 9 heteroatoms. The van der Waals surface area contributed by atoms with E-state index < -0.39 is 0 Å². The highest BCUT2D eigenvalue weighted by atomic mass is 35.5. The lowest BCUT2D eigenvalue weighted by atomic mass is 10.1. The van der Waals surface area contributed by atoms with Crippen molar-refractivity contribution in [3.05, 3.63) is 11.2 Å². The summed E-state index contributed by atoms with van der Waals surface area (Å²) in [6, 6.07) is 2.15. The molecular formula is C25H42ClN5O2S. The van der Waals surface area contributed by atoms with Gasteiger partial charge in [0.2, 0.25) is 11.8 Å². The van der Waals surface area contributed by atoms with Crippen molar-refractivity contribution in [1.82, 2.24) is 19.8 Å². The van der Waals surface area contributed by atoms with E-state index in [0.717, 1.165) is 18.7 Å². The van der Waals surface area contributed by atoms with E-state index in [1.165, 1.54) is 31.0 Å². The third-order valence-corrected chi connectivity index (χ3v) is 7.18. The van der Waals surface area contributed by atoms with E-state index in [-0.39, 0.29) is 35.7 Å². The second kappa shape index (κ2) is 14.1. The number of rotatable bonds is 12. The first-order valence-electron chi connectivity index (χ1n) is 12.7. The third kappa shape index (κ3) is 8.59. The Morgan fingerprint density at radius 2 is 1.79 bits per heavy atom. The molecule has 0 saturated carbocycles. The van der Waals surface area contributed by atoms with Crippen molar-refractivity contribution in [2.24, 2.45) is 0 Å². The standard InChI is InChI=1S/C25H42ClN5O2S/c1-7-8-9-10-11-12-23(32)30-14-13-29(16-20(30)6)22-15-21(26)27-25(28-22)34-17-24(33)31(18(2)3)19(4)5/h15,18-20H,7-14,16-17H2,1-6H3/t20-/m0/s1. The van der Waals surface area contributed by atoms with E-state index in [0.29, 0.717) is 36.4 Å². The molecule has 0 spiro atoms. The Balaban J connectivity index is 1.94. The molecule has 0 aromatic carbocycles. The van der Waals surface area contributed by atoms with Crippen LogP contribution in [-0.2, 0) is 9.59 Å². The number of unbranched alkanes of at least 4 members (excludes halogenated alkanes) is 4. The fourth-order valence-electron chi connectivity index (χ4n) is 4.54. The second-order valence-electron chi connectivity index (χ2n) is 9.66. The van der Waals surface area contributed by atoms with Gasteiger partial charge < -0.3 is 14.7 Å².